The second kappa shape index (κ2) is 6.71. The summed E-state index contributed by atoms with van der Waals surface area (Å²) in [7, 11) is 0. The molecule has 2 aromatic rings. The van der Waals surface area contributed by atoms with Crippen molar-refractivity contribution >= 4 is 17.1 Å². The van der Waals surface area contributed by atoms with Crippen LogP contribution in [0.2, 0.25) is 0 Å². The Hall–Kier alpha value is -2.60. The van der Waals surface area contributed by atoms with Gasteiger partial charge in [0.2, 0.25) is 0 Å². The van der Waals surface area contributed by atoms with Crippen molar-refractivity contribution in [2.75, 3.05) is 17.7 Å². The van der Waals surface area contributed by atoms with E-state index in [9.17, 15) is 15.2 Å². The van der Waals surface area contributed by atoms with Crippen LogP contribution in [0.5, 0.6) is 0 Å². The van der Waals surface area contributed by atoms with Crippen molar-refractivity contribution in [3.63, 3.8) is 0 Å². The molecule has 0 saturated carbocycles. The van der Waals surface area contributed by atoms with Gasteiger partial charge in [-0.25, -0.2) is 0 Å². The lowest BCUT2D eigenvalue weighted by Gasteiger charge is -2.18. The molecule has 6 heteroatoms. The summed E-state index contributed by atoms with van der Waals surface area (Å²) in [5.41, 5.74) is 7.37. The van der Waals surface area contributed by atoms with Crippen LogP contribution in [0.15, 0.2) is 48.5 Å². The molecule has 6 nitrogen and oxygen atoms in total. The standard InChI is InChI=1S/C15H17N3O3/c16-14-9-12(6-7-15(14)18(20)21)17-13(10-19)8-11-4-2-1-3-5-11/h1-7,9,13,17,19H,8,10,16H2. The molecule has 2 rings (SSSR count). The number of hydrogen-bond donors (Lipinski definition) is 3. The molecule has 1 unspecified atom stereocenters. The number of nitrogens with zero attached hydrogens (tertiary/aromatic N) is 1. The van der Waals surface area contributed by atoms with Gasteiger partial charge in [0.25, 0.3) is 5.69 Å². The topological polar surface area (TPSA) is 101 Å². The van der Waals surface area contributed by atoms with Crippen LogP contribution in [0.3, 0.4) is 0 Å². The summed E-state index contributed by atoms with van der Waals surface area (Å²) in [6, 6.07) is 14.0. The van der Waals surface area contributed by atoms with E-state index in [2.05, 4.69) is 5.32 Å². The van der Waals surface area contributed by atoms with E-state index < -0.39 is 4.92 Å². The second-order valence-corrected chi connectivity index (χ2v) is 4.74. The number of aliphatic hydroxyl groups is 1. The Morgan fingerprint density at radius 2 is 1.95 bits per heavy atom. The lowest BCUT2D eigenvalue weighted by atomic mass is 10.1. The Labute approximate surface area is 122 Å². The average molecular weight is 287 g/mol. The van der Waals surface area contributed by atoms with Crippen molar-refractivity contribution in [2.24, 2.45) is 0 Å². The third kappa shape index (κ3) is 3.93. The molecule has 0 spiro atoms. The van der Waals surface area contributed by atoms with Gasteiger partial charge in [-0.05, 0) is 24.1 Å². The van der Waals surface area contributed by atoms with E-state index in [1.165, 1.54) is 12.1 Å². The number of nitrogens with two attached hydrogens (primary N) is 1. The fourth-order valence-corrected chi connectivity index (χ4v) is 2.11. The van der Waals surface area contributed by atoms with E-state index in [0.29, 0.717) is 12.1 Å². The zero-order chi connectivity index (χ0) is 15.2. The third-order valence-corrected chi connectivity index (χ3v) is 3.14. The minimum Gasteiger partial charge on any atom is -0.394 e. The van der Waals surface area contributed by atoms with Crippen LogP contribution >= 0.6 is 0 Å². The molecule has 0 aliphatic rings. The maximum Gasteiger partial charge on any atom is 0.292 e. The third-order valence-electron chi connectivity index (χ3n) is 3.14. The molecule has 0 amide bonds. The van der Waals surface area contributed by atoms with Crippen molar-refractivity contribution in [3.8, 4) is 0 Å². The van der Waals surface area contributed by atoms with Crippen molar-refractivity contribution in [2.45, 2.75) is 12.5 Å². The van der Waals surface area contributed by atoms with E-state index in [0.717, 1.165) is 5.56 Å². The number of anilines is 2. The van der Waals surface area contributed by atoms with Crippen LogP contribution in [0.1, 0.15) is 5.56 Å². The van der Waals surface area contributed by atoms with Crippen molar-refractivity contribution in [1.82, 2.24) is 0 Å². The molecule has 0 heterocycles. The smallest absolute Gasteiger partial charge is 0.292 e. The maximum absolute atomic E-state index is 10.7. The highest BCUT2D eigenvalue weighted by Gasteiger charge is 2.13. The lowest BCUT2D eigenvalue weighted by Crippen LogP contribution is -2.26. The predicted molar refractivity (Wildman–Crippen MR) is 82.2 cm³/mol. The van der Waals surface area contributed by atoms with Gasteiger partial charge in [-0.2, -0.15) is 0 Å². The van der Waals surface area contributed by atoms with E-state index >= 15 is 0 Å². The molecule has 0 bridgehead atoms. The minimum atomic E-state index is -0.521. The van der Waals surface area contributed by atoms with E-state index in [1.54, 1.807) is 6.07 Å². The van der Waals surface area contributed by atoms with Gasteiger partial charge in [-0.1, -0.05) is 30.3 Å². The first-order chi connectivity index (χ1) is 10.1. The average Bonchev–Trinajstić information content (AvgIpc) is 2.47. The summed E-state index contributed by atoms with van der Waals surface area (Å²) in [6.45, 7) is -0.0498. The Morgan fingerprint density at radius 3 is 2.52 bits per heavy atom. The lowest BCUT2D eigenvalue weighted by molar-refractivity contribution is -0.383. The number of nitrogen functional groups attached to an aromatic ring is 1. The molecule has 0 fully saturated rings. The molecular weight excluding hydrogens is 270 g/mol. The summed E-state index contributed by atoms with van der Waals surface area (Å²) in [5.74, 6) is 0. The van der Waals surface area contributed by atoms with E-state index in [4.69, 9.17) is 5.73 Å². The monoisotopic (exact) mass is 287 g/mol. The summed E-state index contributed by atoms with van der Waals surface area (Å²) in [6.07, 6.45) is 0.647. The van der Waals surface area contributed by atoms with Crippen LogP contribution in [-0.2, 0) is 6.42 Å². The van der Waals surface area contributed by atoms with Gasteiger partial charge >= 0.3 is 0 Å². The molecule has 2 aromatic carbocycles. The summed E-state index contributed by atoms with van der Waals surface area (Å²) < 4.78 is 0. The molecule has 21 heavy (non-hydrogen) atoms. The molecule has 0 aliphatic heterocycles. The fraction of sp³-hybridized carbons (Fsp3) is 0.200. The van der Waals surface area contributed by atoms with Gasteiger partial charge in [-0.3, -0.25) is 10.1 Å². The normalized spacial score (nSPS) is 11.9. The summed E-state index contributed by atoms with van der Waals surface area (Å²) in [5, 5.41) is 23.3. The van der Waals surface area contributed by atoms with Gasteiger partial charge in [0.05, 0.1) is 17.6 Å². The predicted octanol–water partition coefficient (Wildman–Crippen LogP) is 2.19. The van der Waals surface area contributed by atoms with E-state index in [-0.39, 0.29) is 24.0 Å². The van der Waals surface area contributed by atoms with E-state index in [1.807, 2.05) is 30.3 Å². The Bertz CT molecular complexity index is 617. The van der Waals surface area contributed by atoms with Crippen molar-refractivity contribution in [3.05, 3.63) is 64.2 Å². The first kappa shape index (κ1) is 14.8. The van der Waals surface area contributed by atoms with Crippen molar-refractivity contribution < 1.29 is 10.0 Å². The molecule has 0 radical (unpaired) electrons. The zero-order valence-corrected chi connectivity index (χ0v) is 11.4. The molecule has 0 aromatic heterocycles. The quantitative estimate of drug-likeness (QED) is 0.429. The number of nitro benzene ring substituents is 1. The minimum absolute atomic E-state index is 0.0498. The van der Waals surface area contributed by atoms with Crippen LogP contribution in [0.25, 0.3) is 0 Å². The van der Waals surface area contributed by atoms with Crippen LogP contribution < -0.4 is 11.1 Å². The second-order valence-electron chi connectivity index (χ2n) is 4.74. The highest BCUT2D eigenvalue weighted by molar-refractivity contribution is 5.66. The Balaban J connectivity index is 2.08. The molecule has 4 N–H and O–H groups in total. The largest absolute Gasteiger partial charge is 0.394 e. The van der Waals surface area contributed by atoms with Crippen LogP contribution in [-0.4, -0.2) is 22.7 Å². The molecular formula is C15H17N3O3. The number of aliphatic hydroxyl groups excluding tert-OH is 1. The van der Waals surface area contributed by atoms with Gasteiger partial charge < -0.3 is 16.2 Å². The molecule has 1 atom stereocenters. The SMILES string of the molecule is Nc1cc(NC(CO)Cc2ccccc2)ccc1[N+](=O)[O-]. The first-order valence-electron chi connectivity index (χ1n) is 6.55. The van der Waals surface area contributed by atoms with Gasteiger partial charge in [0, 0.05) is 11.8 Å². The number of benzene rings is 2. The fourth-order valence-electron chi connectivity index (χ4n) is 2.11. The first-order valence-corrected chi connectivity index (χ1v) is 6.55. The summed E-state index contributed by atoms with van der Waals surface area (Å²) in [4.78, 5) is 10.2. The molecule has 0 aliphatic carbocycles. The Morgan fingerprint density at radius 1 is 1.24 bits per heavy atom. The van der Waals surface area contributed by atoms with Gasteiger partial charge in [0.1, 0.15) is 5.69 Å². The maximum atomic E-state index is 10.7. The van der Waals surface area contributed by atoms with Crippen molar-refractivity contribution in [1.29, 1.82) is 0 Å². The van der Waals surface area contributed by atoms with Gasteiger partial charge in [-0.15, -0.1) is 0 Å². The van der Waals surface area contributed by atoms with Crippen LogP contribution in [0, 0.1) is 10.1 Å². The van der Waals surface area contributed by atoms with Gasteiger partial charge in [0.15, 0.2) is 0 Å². The highest BCUT2D eigenvalue weighted by Crippen LogP contribution is 2.25. The Kier molecular flexibility index (Phi) is 4.73. The van der Waals surface area contributed by atoms with Crippen LogP contribution in [0.4, 0.5) is 17.1 Å². The number of rotatable bonds is 6. The number of hydrogen-bond acceptors (Lipinski definition) is 5. The highest BCUT2D eigenvalue weighted by atomic mass is 16.6. The molecule has 0 saturated heterocycles. The number of nitro groups is 1. The molecule has 110 valence electrons. The zero-order valence-electron chi connectivity index (χ0n) is 11.4. The summed E-state index contributed by atoms with van der Waals surface area (Å²) >= 11 is 0. The number of nitrogens with one attached hydrogen (secondary N) is 1.